The van der Waals surface area contributed by atoms with E-state index in [2.05, 4.69) is 22.4 Å². The van der Waals surface area contributed by atoms with E-state index in [1.165, 1.54) is 5.56 Å². The van der Waals surface area contributed by atoms with E-state index in [0.717, 1.165) is 35.6 Å². The molecule has 0 saturated carbocycles. The van der Waals surface area contributed by atoms with Gasteiger partial charge in [0.15, 0.2) is 0 Å². The van der Waals surface area contributed by atoms with Crippen LogP contribution in [0.2, 0.25) is 0 Å². The third-order valence-electron chi connectivity index (χ3n) is 3.09. The number of fused-ring (bicyclic) bond motifs is 1. The molecule has 1 aliphatic rings. The van der Waals surface area contributed by atoms with Crippen molar-refractivity contribution >= 4 is 0 Å². The predicted octanol–water partition coefficient (Wildman–Crippen LogP) is 0.876. The summed E-state index contributed by atoms with van der Waals surface area (Å²) >= 11 is 0. The molecule has 1 aromatic carbocycles. The quantitative estimate of drug-likeness (QED) is 0.831. The minimum absolute atomic E-state index is 0.488. The van der Waals surface area contributed by atoms with Gasteiger partial charge in [0, 0.05) is 31.1 Å². The van der Waals surface area contributed by atoms with Gasteiger partial charge in [-0.05, 0) is 17.7 Å². The summed E-state index contributed by atoms with van der Waals surface area (Å²) in [4.78, 5) is 0. The normalized spacial score (nSPS) is 13.5. The summed E-state index contributed by atoms with van der Waals surface area (Å²) in [5, 5.41) is 7.84. The molecule has 5 nitrogen and oxygen atoms in total. The fourth-order valence-electron chi connectivity index (χ4n) is 2.24. The molecule has 2 aromatic rings. The highest BCUT2D eigenvalue weighted by Crippen LogP contribution is 2.34. The summed E-state index contributed by atoms with van der Waals surface area (Å²) in [5.74, 6) is 0.964. The highest BCUT2D eigenvalue weighted by Gasteiger charge is 2.18. The Balaban J connectivity index is 2.16. The Bertz CT molecular complexity index is 562. The van der Waals surface area contributed by atoms with Gasteiger partial charge in [-0.1, -0.05) is 5.21 Å². The number of aromatic nitrogens is 3. The van der Waals surface area contributed by atoms with E-state index in [9.17, 15) is 0 Å². The molecule has 3 rings (SSSR count). The maximum atomic E-state index is 5.77. The molecular formula is C12H14N4O. The number of rotatable bonds is 2. The largest absolute Gasteiger partial charge is 0.493 e. The number of benzene rings is 1. The zero-order valence-electron chi connectivity index (χ0n) is 9.68. The van der Waals surface area contributed by atoms with Crippen LogP contribution in [-0.4, -0.2) is 21.6 Å². The molecule has 2 heterocycles. The van der Waals surface area contributed by atoms with Crippen LogP contribution < -0.4 is 10.5 Å². The van der Waals surface area contributed by atoms with Crippen LogP contribution in [0.5, 0.6) is 5.75 Å². The van der Waals surface area contributed by atoms with Crippen LogP contribution in [-0.2, 0) is 20.0 Å². The summed E-state index contributed by atoms with van der Waals surface area (Å²) in [6.45, 7) is 1.23. The summed E-state index contributed by atoms with van der Waals surface area (Å²) in [5.41, 5.74) is 10.1. The molecule has 0 bridgehead atoms. The van der Waals surface area contributed by atoms with Crippen LogP contribution in [0, 0.1) is 0 Å². The van der Waals surface area contributed by atoms with E-state index in [1.54, 1.807) is 10.9 Å². The fourth-order valence-corrected chi connectivity index (χ4v) is 2.24. The number of hydrogen-bond acceptors (Lipinski definition) is 4. The minimum Gasteiger partial charge on any atom is -0.493 e. The number of ether oxygens (including phenoxy) is 1. The van der Waals surface area contributed by atoms with Crippen LogP contribution in [0.3, 0.4) is 0 Å². The summed E-state index contributed by atoms with van der Waals surface area (Å²) in [6, 6.07) is 4.20. The number of hydrogen-bond donors (Lipinski definition) is 1. The Morgan fingerprint density at radius 2 is 2.35 bits per heavy atom. The molecule has 0 amide bonds. The zero-order valence-corrected chi connectivity index (χ0v) is 9.68. The first-order valence-electron chi connectivity index (χ1n) is 5.63. The highest BCUT2D eigenvalue weighted by atomic mass is 16.5. The van der Waals surface area contributed by atoms with Crippen molar-refractivity contribution in [3.8, 4) is 17.0 Å². The molecule has 0 fully saturated rings. The Labute approximate surface area is 99.2 Å². The van der Waals surface area contributed by atoms with Gasteiger partial charge in [0.05, 0.1) is 18.5 Å². The second-order valence-electron chi connectivity index (χ2n) is 4.17. The van der Waals surface area contributed by atoms with E-state index >= 15 is 0 Å². The van der Waals surface area contributed by atoms with Crippen molar-refractivity contribution in [1.29, 1.82) is 0 Å². The predicted molar refractivity (Wildman–Crippen MR) is 63.5 cm³/mol. The molecule has 0 radical (unpaired) electrons. The summed E-state index contributed by atoms with van der Waals surface area (Å²) in [6.07, 6.45) is 2.71. The van der Waals surface area contributed by atoms with Crippen molar-refractivity contribution in [2.24, 2.45) is 12.8 Å². The lowest BCUT2D eigenvalue weighted by atomic mass is 10.0. The topological polar surface area (TPSA) is 66.0 Å². The molecule has 0 aliphatic carbocycles. The molecule has 17 heavy (non-hydrogen) atoms. The van der Waals surface area contributed by atoms with Crippen LogP contribution >= 0.6 is 0 Å². The number of nitrogens with two attached hydrogens (primary N) is 1. The Morgan fingerprint density at radius 3 is 3.06 bits per heavy atom. The van der Waals surface area contributed by atoms with Gasteiger partial charge < -0.3 is 10.5 Å². The molecule has 5 heteroatoms. The lowest BCUT2D eigenvalue weighted by Crippen LogP contribution is -2.01. The van der Waals surface area contributed by atoms with Crippen molar-refractivity contribution < 1.29 is 4.74 Å². The second kappa shape index (κ2) is 3.85. The van der Waals surface area contributed by atoms with Gasteiger partial charge in [-0.3, -0.25) is 0 Å². The summed E-state index contributed by atoms with van der Waals surface area (Å²) < 4.78 is 7.37. The van der Waals surface area contributed by atoms with Crippen LogP contribution in [0.25, 0.3) is 11.3 Å². The van der Waals surface area contributed by atoms with Crippen LogP contribution in [0.15, 0.2) is 18.3 Å². The van der Waals surface area contributed by atoms with Crippen molar-refractivity contribution in [3.05, 3.63) is 29.5 Å². The lowest BCUT2D eigenvalue weighted by Gasteiger charge is -2.09. The first-order chi connectivity index (χ1) is 8.29. The molecule has 1 aliphatic heterocycles. The van der Waals surface area contributed by atoms with Gasteiger partial charge >= 0.3 is 0 Å². The van der Waals surface area contributed by atoms with E-state index in [1.807, 2.05) is 7.05 Å². The van der Waals surface area contributed by atoms with E-state index in [0.29, 0.717) is 6.54 Å². The third kappa shape index (κ3) is 1.59. The summed E-state index contributed by atoms with van der Waals surface area (Å²) in [7, 11) is 1.88. The highest BCUT2D eigenvalue weighted by molar-refractivity contribution is 5.64. The van der Waals surface area contributed by atoms with Gasteiger partial charge in [0.2, 0.25) is 0 Å². The zero-order chi connectivity index (χ0) is 11.8. The van der Waals surface area contributed by atoms with Crippen LogP contribution in [0.1, 0.15) is 11.1 Å². The maximum absolute atomic E-state index is 5.77. The Hall–Kier alpha value is -1.88. The molecular weight excluding hydrogens is 216 g/mol. The first kappa shape index (κ1) is 10.3. The molecule has 1 aromatic heterocycles. The fraction of sp³-hybridized carbons (Fsp3) is 0.333. The molecule has 2 N–H and O–H groups in total. The Morgan fingerprint density at radius 1 is 1.47 bits per heavy atom. The standard InChI is InChI=1S/C12H14N4O/c1-16-11(7-14-15-16)9-4-8-2-3-17-12(8)10(5-9)6-13/h4-5,7H,2-3,6,13H2,1H3. The van der Waals surface area contributed by atoms with Crippen molar-refractivity contribution in [1.82, 2.24) is 15.0 Å². The molecule has 0 atom stereocenters. The SMILES string of the molecule is Cn1nncc1-c1cc(CN)c2c(c1)CCO2. The van der Waals surface area contributed by atoms with Crippen molar-refractivity contribution in [2.75, 3.05) is 6.61 Å². The number of aryl methyl sites for hydroxylation is 1. The van der Waals surface area contributed by atoms with E-state index < -0.39 is 0 Å². The van der Waals surface area contributed by atoms with Gasteiger partial charge in [-0.2, -0.15) is 0 Å². The van der Waals surface area contributed by atoms with Gasteiger partial charge in [-0.25, -0.2) is 4.68 Å². The third-order valence-corrected chi connectivity index (χ3v) is 3.09. The molecule has 88 valence electrons. The maximum Gasteiger partial charge on any atom is 0.127 e. The van der Waals surface area contributed by atoms with Gasteiger partial charge in [-0.15, -0.1) is 5.10 Å². The number of nitrogens with zero attached hydrogens (tertiary/aromatic N) is 3. The van der Waals surface area contributed by atoms with Gasteiger partial charge in [0.1, 0.15) is 5.75 Å². The lowest BCUT2D eigenvalue weighted by molar-refractivity contribution is 0.353. The van der Waals surface area contributed by atoms with Crippen molar-refractivity contribution in [3.63, 3.8) is 0 Å². The molecule has 0 saturated heterocycles. The van der Waals surface area contributed by atoms with E-state index in [4.69, 9.17) is 10.5 Å². The average molecular weight is 230 g/mol. The molecule has 0 spiro atoms. The van der Waals surface area contributed by atoms with Crippen molar-refractivity contribution in [2.45, 2.75) is 13.0 Å². The van der Waals surface area contributed by atoms with Gasteiger partial charge in [0.25, 0.3) is 0 Å². The molecule has 0 unspecified atom stereocenters. The van der Waals surface area contributed by atoms with Crippen LogP contribution in [0.4, 0.5) is 0 Å². The first-order valence-corrected chi connectivity index (χ1v) is 5.63. The average Bonchev–Trinajstić information content (AvgIpc) is 2.95. The smallest absolute Gasteiger partial charge is 0.127 e. The second-order valence-corrected chi connectivity index (χ2v) is 4.17. The Kier molecular flexibility index (Phi) is 2.33. The monoisotopic (exact) mass is 230 g/mol. The van der Waals surface area contributed by atoms with E-state index in [-0.39, 0.29) is 0 Å². The minimum atomic E-state index is 0.488.